The van der Waals surface area contributed by atoms with Crippen molar-refractivity contribution in [2.45, 2.75) is 6.10 Å². The Hall–Kier alpha value is -0.990. The summed E-state index contributed by atoms with van der Waals surface area (Å²) in [6, 6.07) is 5.12. The normalized spacial score (nSPS) is 12.2. The van der Waals surface area contributed by atoms with E-state index in [1.807, 2.05) is 0 Å². The summed E-state index contributed by atoms with van der Waals surface area (Å²) in [5, 5.41) is 9.91. The Kier molecular flexibility index (Phi) is 3.34. The molecule has 0 amide bonds. The van der Waals surface area contributed by atoms with E-state index < -0.39 is 6.10 Å². The van der Waals surface area contributed by atoms with Crippen LogP contribution in [0.15, 0.2) is 30.9 Å². The Morgan fingerprint density at radius 3 is 2.77 bits per heavy atom. The van der Waals surface area contributed by atoms with Gasteiger partial charge in [0.05, 0.1) is 18.2 Å². The Balaban J connectivity index is 3.04. The Morgan fingerprint density at radius 2 is 2.31 bits per heavy atom. The lowest BCUT2D eigenvalue weighted by atomic mass is 10.1. The highest BCUT2D eigenvalue weighted by Crippen LogP contribution is 2.27. The maximum atomic E-state index is 9.43. The minimum Gasteiger partial charge on any atom is -0.497 e. The molecular formula is C10H11ClO2. The summed E-state index contributed by atoms with van der Waals surface area (Å²) in [6.45, 7) is 3.48. The van der Waals surface area contributed by atoms with Crippen LogP contribution in [0, 0.1) is 0 Å². The van der Waals surface area contributed by atoms with Gasteiger partial charge in [0.25, 0.3) is 0 Å². The van der Waals surface area contributed by atoms with Gasteiger partial charge in [-0.25, -0.2) is 0 Å². The first-order valence-electron chi connectivity index (χ1n) is 3.83. The quantitative estimate of drug-likeness (QED) is 0.757. The molecule has 0 saturated carbocycles. The van der Waals surface area contributed by atoms with Gasteiger partial charge in [-0.3, -0.25) is 0 Å². The standard InChI is InChI=1S/C10H11ClO2/c1-3-10(12)8-5-4-7(13-2)6-9(8)11/h3-6,10,12H,1H2,2H3. The minimum absolute atomic E-state index is 0.478. The molecule has 70 valence electrons. The van der Waals surface area contributed by atoms with Gasteiger partial charge in [-0.2, -0.15) is 0 Å². The summed E-state index contributed by atoms with van der Waals surface area (Å²) in [6.07, 6.45) is 0.701. The molecule has 0 spiro atoms. The van der Waals surface area contributed by atoms with Gasteiger partial charge in [-0.15, -0.1) is 6.58 Å². The predicted molar refractivity (Wildman–Crippen MR) is 53.2 cm³/mol. The minimum atomic E-state index is -0.724. The highest BCUT2D eigenvalue weighted by molar-refractivity contribution is 6.31. The van der Waals surface area contributed by atoms with Crippen LogP contribution in [0.4, 0.5) is 0 Å². The molecule has 1 aromatic rings. The van der Waals surface area contributed by atoms with Crippen molar-refractivity contribution in [1.82, 2.24) is 0 Å². The van der Waals surface area contributed by atoms with Crippen molar-refractivity contribution in [3.05, 3.63) is 41.4 Å². The molecule has 2 nitrogen and oxygen atoms in total. The van der Waals surface area contributed by atoms with Crippen LogP contribution < -0.4 is 4.74 Å². The van der Waals surface area contributed by atoms with E-state index >= 15 is 0 Å². The third-order valence-electron chi connectivity index (χ3n) is 1.75. The zero-order chi connectivity index (χ0) is 9.84. The Bertz CT molecular complexity index is 310. The van der Waals surface area contributed by atoms with Crippen molar-refractivity contribution < 1.29 is 9.84 Å². The molecule has 1 rings (SSSR count). The molecule has 3 heteroatoms. The largest absolute Gasteiger partial charge is 0.497 e. The molecule has 0 radical (unpaired) electrons. The smallest absolute Gasteiger partial charge is 0.120 e. The monoisotopic (exact) mass is 198 g/mol. The van der Waals surface area contributed by atoms with Gasteiger partial charge in [-0.1, -0.05) is 23.7 Å². The van der Waals surface area contributed by atoms with E-state index in [-0.39, 0.29) is 0 Å². The van der Waals surface area contributed by atoms with E-state index in [1.165, 1.54) is 6.08 Å². The second kappa shape index (κ2) is 4.30. The molecule has 1 aromatic carbocycles. The maximum Gasteiger partial charge on any atom is 0.120 e. The first-order chi connectivity index (χ1) is 6.19. The second-order valence-corrected chi connectivity index (χ2v) is 2.98. The first-order valence-corrected chi connectivity index (χ1v) is 4.21. The van der Waals surface area contributed by atoms with Gasteiger partial charge in [0.2, 0.25) is 0 Å². The van der Waals surface area contributed by atoms with Crippen LogP contribution in [0.3, 0.4) is 0 Å². The number of benzene rings is 1. The molecule has 0 heterocycles. The third kappa shape index (κ3) is 2.23. The average molecular weight is 199 g/mol. The summed E-state index contributed by atoms with van der Waals surface area (Å²) in [4.78, 5) is 0. The van der Waals surface area contributed by atoms with E-state index in [2.05, 4.69) is 6.58 Å². The van der Waals surface area contributed by atoms with Gasteiger partial charge >= 0.3 is 0 Å². The van der Waals surface area contributed by atoms with E-state index in [1.54, 1.807) is 25.3 Å². The molecule has 1 atom stereocenters. The van der Waals surface area contributed by atoms with Crippen LogP contribution in [-0.2, 0) is 0 Å². The third-order valence-corrected chi connectivity index (χ3v) is 2.08. The molecule has 0 aromatic heterocycles. The number of rotatable bonds is 3. The highest BCUT2D eigenvalue weighted by atomic mass is 35.5. The van der Waals surface area contributed by atoms with Gasteiger partial charge < -0.3 is 9.84 Å². The summed E-state index contributed by atoms with van der Waals surface area (Å²) in [7, 11) is 1.56. The topological polar surface area (TPSA) is 29.5 Å². The molecule has 0 fully saturated rings. The van der Waals surface area contributed by atoms with E-state index in [9.17, 15) is 5.11 Å². The average Bonchev–Trinajstić information content (AvgIpc) is 2.16. The fourth-order valence-corrected chi connectivity index (χ4v) is 1.28. The van der Waals surface area contributed by atoms with E-state index in [4.69, 9.17) is 16.3 Å². The summed E-state index contributed by atoms with van der Waals surface area (Å²) in [5.41, 5.74) is 0.637. The number of hydrogen-bond donors (Lipinski definition) is 1. The maximum absolute atomic E-state index is 9.43. The van der Waals surface area contributed by atoms with Crippen molar-refractivity contribution in [3.8, 4) is 5.75 Å². The van der Waals surface area contributed by atoms with Crippen LogP contribution in [0.1, 0.15) is 11.7 Å². The van der Waals surface area contributed by atoms with Gasteiger partial charge in [-0.05, 0) is 12.1 Å². The van der Waals surface area contributed by atoms with Crippen LogP contribution in [0.5, 0.6) is 5.75 Å². The number of hydrogen-bond acceptors (Lipinski definition) is 2. The number of aliphatic hydroxyl groups excluding tert-OH is 1. The van der Waals surface area contributed by atoms with Gasteiger partial charge in [0, 0.05) is 5.56 Å². The zero-order valence-electron chi connectivity index (χ0n) is 7.33. The zero-order valence-corrected chi connectivity index (χ0v) is 8.08. The van der Waals surface area contributed by atoms with Crippen LogP contribution in [-0.4, -0.2) is 12.2 Å². The summed E-state index contributed by atoms with van der Waals surface area (Å²) < 4.78 is 4.97. The van der Waals surface area contributed by atoms with E-state index in [0.717, 1.165) is 0 Å². The van der Waals surface area contributed by atoms with Crippen molar-refractivity contribution in [2.24, 2.45) is 0 Å². The SMILES string of the molecule is C=CC(O)c1ccc(OC)cc1Cl. The second-order valence-electron chi connectivity index (χ2n) is 2.57. The van der Waals surface area contributed by atoms with Crippen molar-refractivity contribution >= 4 is 11.6 Å². The van der Waals surface area contributed by atoms with Gasteiger partial charge in [0.15, 0.2) is 0 Å². The number of methoxy groups -OCH3 is 1. The lowest BCUT2D eigenvalue weighted by Crippen LogP contribution is -1.94. The molecule has 0 bridgehead atoms. The number of halogens is 1. The van der Waals surface area contributed by atoms with Crippen LogP contribution in [0.2, 0.25) is 5.02 Å². The summed E-state index contributed by atoms with van der Waals surface area (Å²) in [5.74, 6) is 0.671. The van der Waals surface area contributed by atoms with Crippen LogP contribution in [0.25, 0.3) is 0 Å². The molecule has 1 unspecified atom stereocenters. The molecule has 0 aliphatic rings. The Morgan fingerprint density at radius 1 is 1.62 bits per heavy atom. The van der Waals surface area contributed by atoms with Crippen molar-refractivity contribution in [1.29, 1.82) is 0 Å². The lowest BCUT2D eigenvalue weighted by molar-refractivity contribution is 0.229. The Labute approximate surface area is 82.4 Å². The number of aliphatic hydroxyl groups is 1. The molecule has 0 aliphatic heterocycles. The van der Waals surface area contributed by atoms with Crippen molar-refractivity contribution in [3.63, 3.8) is 0 Å². The fourth-order valence-electron chi connectivity index (χ4n) is 1.00. The lowest BCUT2D eigenvalue weighted by Gasteiger charge is -2.09. The van der Waals surface area contributed by atoms with Gasteiger partial charge in [0.1, 0.15) is 5.75 Å². The highest BCUT2D eigenvalue weighted by Gasteiger charge is 2.08. The van der Waals surface area contributed by atoms with E-state index in [0.29, 0.717) is 16.3 Å². The summed E-state index contributed by atoms with van der Waals surface area (Å²) >= 11 is 5.89. The molecule has 1 N–H and O–H groups in total. The molecular weight excluding hydrogens is 188 g/mol. The fraction of sp³-hybridized carbons (Fsp3) is 0.200. The molecule has 0 aliphatic carbocycles. The molecule has 13 heavy (non-hydrogen) atoms. The molecule has 0 saturated heterocycles. The van der Waals surface area contributed by atoms with Crippen LogP contribution >= 0.6 is 11.6 Å². The number of ether oxygens (including phenoxy) is 1. The predicted octanol–water partition coefficient (Wildman–Crippen LogP) is 2.57. The first kappa shape index (κ1) is 10.1. The van der Waals surface area contributed by atoms with Crippen molar-refractivity contribution in [2.75, 3.05) is 7.11 Å².